The third-order valence-corrected chi connectivity index (χ3v) is 2.39. The fourth-order valence-corrected chi connectivity index (χ4v) is 1.64. The molecule has 1 amide bonds. The molecule has 0 saturated carbocycles. The lowest BCUT2D eigenvalue weighted by Crippen LogP contribution is -2.22. The van der Waals surface area contributed by atoms with Gasteiger partial charge in [0.25, 0.3) is 0 Å². The van der Waals surface area contributed by atoms with Crippen LogP contribution in [0.5, 0.6) is 0 Å². The first-order chi connectivity index (χ1) is 8.65. The normalized spacial score (nSPS) is 12.1. The Labute approximate surface area is 104 Å². The molecule has 94 valence electrons. The van der Waals surface area contributed by atoms with E-state index in [9.17, 15) is 4.79 Å². The summed E-state index contributed by atoms with van der Waals surface area (Å²) in [5, 5.41) is 11.2. The molecule has 1 unspecified atom stereocenters. The molecule has 7 nitrogen and oxygen atoms in total. The zero-order valence-electron chi connectivity index (χ0n) is 9.85. The molecule has 0 saturated heterocycles. The van der Waals surface area contributed by atoms with Gasteiger partial charge in [0, 0.05) is 0 Å². The van der Waals surface area contributed by atoms with Crippen molar-refractivity contribution in [3.05, 3.63) is 41.7 Å². The second-order valence-corrected chi connectivity index (χ2v) is 3.83. The van der Waals surface area contributed by atoms with Gasteiger partial charge in [-0.1, -0.05) is 29.8 Å². The fraction of sp³-hybridized carbons (Fsp3) is 0.273. The average Bonchev–Trinajstić information content (AvgIpc) is 2.80. The molecule has 7 heteroatoms. The van der Waals surface area contributed by atoms with Crippen LogP contribution in [-0.4, -0.2) is 26.3 Å². The molecule has 0 radical (unpaired) electrons. The van der Waals surface area contributed by atoms with Crippen molar-refractivity contribution in [3.63, 3.8) is 0 Å². The lowest BCUT2D eigenvalue weighted by molar-refractivity contribution is 0.0900. The minimum atomic E-state index is -0.832. The Bertz CT molecular complexity index is 526. The van der Waals surface area contributed by atoms with Crippen LogP contribution in [0, 0.1) is 6.92 Å². The summed E-state index contributed by atoms with van der Waals surface area (Å²) in [5.74, 6) is 0. The van der Waals surface area contributed by atoms with Crippen molar-refractivity contribution in [2.45, 2.75) is 19.6 Å². The first kappa shape index (κ1) is 12.0. The summed E-state index contributed by atoms with van der Waals surface area (Å²) >= 11 is 0. The highest BCUT2D eigenvalue weighted by Gasteiger charge is 2.17. The van der Waals surface area contributed by atoms with Crippen LogP contribution in [0.1, 0.15) is 17.2 Å². The minimum absolute atomic E-state index is 0.270. The number of carbonyl (C=O) groups is 1. The fourth-order valence-electron chi connectivity index (χ4n) is 1.64. The van der Waals surface area contributed by atoms with Gasteiger partial charge in [-0.2, -0.15) is 4.80 Å². The topological polar surface area (TPSA) is 95.9 Å². The van der Waals surface area contributed by atoms with E-state index >= 15 is 0 Å². The summed E-state index contributed by atoms with van der Waals surface area (Å²) in [6, 6.07) is 7.62. The molecule has 2 aromatic rings. The van der Waals surface area contributed by atoms with Crippen molar-refractivity contribution < 1.29 is 9.53 Å². The van der Waals surface area contributed by atoms with Gasteiger partial charge in [-0.15, -0.1) is 10.2 Å². The van der Waals surface area contributed by atoms with Crippen LogP contribution in [0.2, 0.25) is 0 Å². The number of benzene rings is 1. The lowest BCUT2D eigenvalue weighted by atomic mass is 10.1. The molecule has 0 aliphatic heterocycles. The monoisotopic (exact) mass is 247 g/mol. The van der Waals surface area contributed by atoms with Crippen LogP contribution in [0.15, 0.2) is 30.6 Å². The third-order valence-electron chi connectivity index (χ3n) is 2.39. The Morgan fingerprint density at radius 3 is 3.00 bits per heavy atom. The quantitative estimate of drug-likeness (QED) is 0.862. The number of nitrogens with zero attached hydrogens (tertiary/aromatic N) is 4. The average molecular weight is 247 g/mol. The summed E-state index contributed by atoms with van der Waals surface area (Å²) in [6.07, 6.45) is -0.0457. The number of nitrogens with two attached hydrogens (primary N) is 1. The van der Waals surface area contributed by atoms with E-state index in [2.05, 4.69) is 15.4 Å². The third kappa shape index (κ3) is 3.03. The number of tetrazole rings is 1. The number of carbonyl (C=O) groups excluding carboxylic acids is 1. The van der Waals surface area contributed by atoms with Gasteiger partial charge < -0.3 is 10.5 Å². The van der Waals surface area contributed by atoms with Crippen molar-refractivity contribution in [3.8, 4) is 0 Å². The zero-order chi connectivity index (χ0) is 13.0. The molecule has 0 spiro atoms. The predicted octanol–water partition coefficient (Wildman–Crippen LogP) is 0.818. The number of ether oxygens (including phenoxy) is 1. The number of rotatable bonds is 4. The Morgan fingerprint density at radius 2 is 2.39 bits per heavy atom. The Balaban J connectivity index is 2.21. The second kappa shape index (κ2) is 5.26. The van der Waals surface area contributed by atoms with E-state index in [1.165, 1.54) is 11.1 Å². The summed E-state index contributed by atoms with van der Waals surface area (Å²) in [4.78, 5) is 12.3. The summed E-state index contributed by atoms with van der Waals surface area (Å²) in [6.45, 7) is 2.23. The highest BCUT2D eigenvalue weighted by molar-refractivity contribution is 5.65. The van der Waals surface area contributed by atoms with Gasteiger partial charge in [0.1, 0.15) is 6.54 Å². The smallest absolute Gasteiger partial charge is 0.405 e. The maximum absolute atomic E-state index is 10.9. The molecule has 0 aliphatic carbocycles. The van der Waals surface area contributed by atoms with Gasteiger partial charge in [-0.25, -0.2) is 4.79 Å². The number of amides is 1. The summed E-state index contributed by atoms with van der Waals surface area (Å²) in [7, 11) is 0. The van der Waals surface area contributed by atoms with Crippen LogP contribution >= 0.6 is 0 Å². The molecule has 18 heavy (non-hydrogen) atoms. The zero-order valence-corrected chi connectivity index (χ0v) is 9.85. The first-order valence-electron chi connectivity index (χ1n) is 5.38. The molecule has 0 bridgehead atoms. The summed E-state index contributed by atoms with van der Waals surface area (Å²) < 4.78 is 5.07. The molecule has 2 N–H and O–H groups in total. The summed E-state index contributed by atoms with van der Waals surface area (Å²) in [5.41, 5.74) is 6.98. The van der Waals surface area contributed by atoms with Crippen LogP contribution in [0.4, 0.5) is 4.79 Å². The van der Waals surface area contributed by atoms with E-state index in [1.807, 2.05) is 31.2 Å². The number of hydrogen-bond acceptors (Lipinski definition) is 5. The van der Waals surface area contributed by atoms with Crippen LogP contribution in [-0.2, 0) is 11.3 Å². The number of primary amides is 1. The predicted molar refractivity (Wildman–Crippen MR) is 62.4 cm³/mol. The lowest BCUT2D eigenvalue weighted by Gasteiger charge is -2.16. The Kier molecular flexibility index (Phi) is 3.52. The standard InChI is InChI=1S/C11H13N5O2/c1-8-3-2-4-9(5-8)10(18-11(12)17)6-16-14-7-13-15-16/h2-5,7,10H,6H2,1H3,(H2,12,17). The van der Waals surface area contributed by atoms with E-state index in [0.29, 0.717) is 0 Å². The molecular weight excluding hydrogens is 234 g/mol. The van der Waals surface area contributed by atoms with Crippen LogP contribution in [0.3, 0.4) is 0 Å². The Morgan fingerprint density at radius 1 is 1.56 bits per heavy atom. The van der Waals surface area contributed by atoms with E-state index in [-0.39, 0.29) is 6.54 Å². The van der Waals surface area contributed by atoms with Crippen molar-refractivity contribution in [2.24, 2.45) is 5.73 Å². The molecule has 0 fully saturated rings. The number of aryl methyl sites for hydroxylation is 1. The molecule has 2 rings (SSSR count). The molecule has 1 aromatic carbocycles. The largest absolute Gasteiger partial charge is 0.439 e. The molecule has 0 aliphatic rings. The van der Waals surface area contributed by atoms with Gasteiger partial charge in [0.2, 0.25) is 0 Å². The highest BCUT2D eigenvalue weighted by Crippen LogP contribution is 2.19. The van der Waals surface area contributed by atoms with Gasteiger partial charge in [0.05, 0.1) is 0 Å². The minimum Gasteiger partial charge on any atom is -0.439 e. The molecular formula is C11H13N5O2. The van der Waals surface area contributed by atoms with Gasteiger partial charge in [0.15, 0.2) is 12.4 Å². The van der Waals surface area contributed by atoms with Crippen LogP contribution in [0.25, 0.3) is 0 Å². The highest BCUT2D eigenvalue weighted by atomic mass is 16.6. The van der Waals surface area contributed by atoms with Crippen molar-refractivity contribution >= 4 is 6.09 Å². The van der Waals surface area contributed by atoms with Gasteiger partial charge >= 0.3 is 6.09 Å². The van der Waals surface area contributed by atoms with E-state index in [0.717, 1.165) is 11.1 Å². The van der Waals surface area contributed by atoms with Crippen molar-refractivity contribution in [1.29, 1.82) is 0 Å². The maximum atomic E-state index is 10.9. The maximum Gasteiger partial charge on any atom is 0.405 e. The Hall–Kier alpha value is -2.44. The van der Waals surface area contributed by atoms with E-state index in [4.69, 9.17) is 10.5 Å². The van der Waals surface area contributed by atoms with Crippen molar-refractivity contribution in [1.82, 2.24) is 20.2 Å². The second-order valence-electron chi connectivity index (χ2n) is 3.83. The van der Waals surface area contributed by atoms with E-state index < -0.39 is 12.2 Å². The SMILES string of the molecule is Cc1cccc(C(Cn2ncnn2)OC(N)=O)c1. The van der Waals surface area contributed by atoms with Gasteiger partial charge in [-0.3, -0.25) is 0 Å². The van der Waals surface area contributed by atoms with Crippen molar-refractivity contribution in [2.75, 3.05) is 0 Å². The molecule has 1 heterocycles. The van der Waals surface area contributed by atoms with Crippen LogP contribution < -0.4 is 5.73 Å². The number of aromatic nitrogens is 4. The number of hydrogen-bond donors (Lipinski definition) is 1. The molecule has 1 aromatic heterocycles. The van der Waals surface area contributed by atoms with Gasteiger partial charge in [-0.05, 0) is 17.7 Å². The molecule has 1 atom stereocenters. The first-order valence-corrected chi connectivity index (χ1v) is 5.38. The van der Waals surface area contributed by atoms with E-state index in [1.54, 1.807) is 0 Å².